The Morgan fingerprint density at radius 2 is 2.05 bits per heavy atom. The van der Waals surface area contributed by atoms with E-state index in [4.69, 9.17) is 4.42 Å². The smallest absolute Gasteiger partial charge is 0.226 e. The fourth-order valence-corrected chi connectivity index (χ4v) is 2.24. The molecule has 2 heterocycles. The molecule has 9 heteroatoms. The quantitative estimate of drug-likeness (QED) is 0.790. The van der Waals surface area contributed by atoms with Gasteiger partial charge in [0.25, 0.3) is 0 Å². The molecule has 0 saturated heterocycles. The van der Waals surface area contributed by atoms with Crippen molar-refractivity contribution in [1.29, 1.82) is 0 Å². The fourth-order valence-electron chi connectivity index (χ4n) is 1.50. The van der Waals surface area contributed by atoms with Crippen molar-refractivity contribution in [2.45, 2.75) is 50.7 Å². The van der Waals surface area contributed by atoms with Gasteiger partial charge in [0.2, 0.25) is 16.9 Å². The van der Waals surface area contributed by atoms with Crippen LogP contribution in [0.3, 0.4) is 0 Å². The minimum Gasteiger partial charge on any atom is -0.425 e. The molecule has 0 unspecified atom stereocenters. The third-order valence-corrected chi connectivity index (χ3v) is 3.31. The molecule has 2 aromatic rings. The number of rotatable bonds is 6. The van der Waals surface area contributed by atoms with Gasteiger partial charge in [0.15, 0.2) is 0 Å². The van der Waals surface area contributed by atoms with Crippen LogP contribution >= 0.6 is 11.8 Å². The zero-order valence-electron chi connectivity index (χ0n) is 12.1. The molecule has 0 atom stereocenters. The Labute approximate surface area is 121 Å². The summed E-state index contributed by atoms with van der Waals surface area (Å²) in [7, 11) is 0. The van der Waals surface area contributed by atoms with Crippen LogP contribution in [0, 0.1) is 6.92 Å². The molecule has 0 radical (unpaired) electrons. The van der Waals surface area contributed by atoms with Gasteiger partial charge in [-0.15, -0.1) is 15.3 Å². The minimum atomic E-state index is 0.0859. The third kappa shape index (κ3) is 4.57. The zero-order valence-corrected chi connectivity index (χ0v) is 12.9. The maximum atomic E-state index is 5.31. The van der Waals surface area contributed by atoms with Crippen molar-refractivity contribution in [3.05, 3.63) is 11.8 Å². The van der Waals surface area contributed by atoms with Crippen LogP contribution in [0.15, 0.2) is 9.57 Å². The van der Waals surface area contributed by atoms with E-state index in [9.17, 15) is 0 Å². The van der Waals surface area contributed by atoms with Crippen LogP contribution in [0.25, 0.3) is 0 Å². The summed E-state index contributed by atoms with van der Waals surface area (Å²) in [5.74, 6) is 1.71. The Morgan fingerprint density at radius 3 is 2.70 bits per heavy atom. The van der Waals surface area contributed by atoms with Crippen LogP contribution in [0.4, 0.5) is 0 Å². The number of tetrazole rings is 1. The van der Waals surface area contributed by atoms with Crippen molar-refractivity contribution in [1.82, 2.24) is 35.7 Å². The van der Waals surface area contributed by atoms with Crippen LogP contribution in [0.1, 0.15) is 32.6 Å². The van der Waals surface area contributed by atoms with Crippen molar-refractivity contribution >= 4 is 11.8 Å². The second-order valence-electron chi connectivity index (χ2n) is 5.36. The third-order valence-electron chi connectivity index (χ3n) is 2.37. The topological polar surface area (TPSA) is 94.5 Å². The highest BCUT2D eigenvalue weighted by Crippen LogP contribution is 2.18. The molecule has 0 aromatic carbocycles. The molecule has 0 fully saturated rings. The van der Waals surface area contributed by atoms with Gasteiger partial charge in [0.05, 0.1) is 12.3 Å². The number of thioether (sulfide) groups is 1. The first-order valence-electron chi connectivity index (χ1n) is 6.37. The van der Waals surface area contributed by atoms with E-state index in [1.165, 1.54) is 11.8 Å². The van der Waals surface area contributed by atoms with Crippen LogP contribution in [-0.2, 0) is 12.3 Å². The van der Waals surface area contributed by atoms with E-state index in [-0.39, 0.29) is 5.54 Å². The second kappa shape index (κ2) is 6.31. The van der Waals surface area contributed by atoms with Crippen LogP contribution in [0.5, 0.6) is 0 Å². The molecular formula is C11H19N7OS. The SMILES string of the molecule is Cc1nnc(CSc2nnnn2CCNC(C)(C)C)o1. The first kappa shape index (κ1) is 14.9. The van der Waals surface area contributed by atoms with E-state index >= 15 is 0 Å². The van der Waals surface area contributed by atoms with Crippen molar-refractivity contribution in [3.63, 3.8) is 0 Å². The molecule has 0 bridgehead atoms. The number of aromatic nitrogens is 6. The van der Waals surface area contributed by atoms with Crippen molar-refractivity contribution in [3.8, 4) is 0 Å². The normalized spacial score (nSPS) is 12.0. The number of aryl methyl sites for hydroxylation is 1. The van der Waals surface area contributed by atoms with E-state index < -0.39 is 0 Å². The highest BCUT2D eigenvalue weighted by Gasteiger charge is 2.12. The standard InChI is InChI=1S/C11H19N7OS/c1-8-13-14-9(19-8)7-20-10-15-16-17-18(10)6-5-12-11(2,3)4/h12H,5-7H2,1-4H3. The molecule has 0 aliphatic carbocycles. The van der Waals surface area contributed by atoms with Crippen LogP contribution < -0.4 is 5.32 Å². The molecule has 1 N–H and O–H groups in total. The number of nitrogens with zero attached hydrogens (tertiary/aromatic N) is 6. The van der Waals surface area contributed by atoms with Gasteiger partial charge in [-0.1, -0.05) is 11.8 Å². The molecule has 0 saturated carbocycles. The number of hydrogen-bond donors (Lipinski definition) is 1. The maximum absolute atomic E-state index is 5.31. The fraction of sp³-hybridized carbons (Fsp3) is 0.727. The maximum Gasteiger partial charge on any atom is 0.226 e. The van der Waals surface area contributed by atoms with Crippen molar-refractivity contribution in [2.75, 3.05) is 6.54 Å². The van der Waals surface area contributed by atoms with Crippen LogP contribution in [0.2, 0.25) is 0 Å². The summed E-state index contributed by atoms with van der Waals surface area (Å²) < 4.78 is 7.08. The van der Waals surface area contributed by atoms with Crippen molar-refractivity contribution in [2.24, 2.45) is 0 Å². The zero-order chi connectivity index (χ0) is 14.6. The molecule has 0 spiro atoms. The average molecular weight is 297 g/mol. The van der Waals surface area contributed by atoms with Crippen molar-refractivity contribution < 1.29 is 4.42 Å². The molecule has 110 valence electrons. The Morgan fingerprint density at radius 1 is 1.25 bits per heavy atom. The Balaban J connectivity index is 1.85. The molecule has 20 heavy (non-hydrogen) atoms. The Hall–Kier alpha value is -1.48. The number of hydrogen-bond acceptors (Lipinski definition) is 8. The molecule has 0 amide bonds. The summed E-state index contributed by atoms with van der Waals surface area (Å²) >= 11 is 1.48. The lowest BCUT2D eigenvalue weighted by atomic mass is 10.1. The predicted octanol–water partition coefficient (Wildman–Crippen LogP) is 1.04. The van der Waals surface area contributed by atoms with E-state index in [1.54, 1.807) is 11.6 Å². The van der Waals surface area contributed by atoms with Gasteiger partial charge >= 0.3 is 0 Å². The molecule has 8 nitrogen and oxygen atoms in total. The van der Waals surface area contributed by atoms with Gasteiger partial charge in [-0.25, -0.2) is 4.68 Å². The molecule has 0 aliphatic heterocycles. The van der Waals surface area contributed by atoms with E-state index in [2.05, 4.69) is 51.8 Å². The first-order valence-corrected chi connectivity index (χ1v) is 7.35. The molecule has 0 aliphatic rings. The Kier molecular flexibility index (Phi) is 4.71. The van der Waals surface area contributed by atoms with Crippen LogP contribution in [-0.4, -0.2) is 42.5 Å². The van der Waals surface area contributed by atoms with Gasteiger partial charge in [-0.2, -0.15) is 0 Å². The summed E-state index contributed by atoms with van der Waals surface area (Å²) in [6, 6.07) is 0. The highest BCUT2D eigenvalue weighted by atomic mass is 32.2. The first-order chi connectivity index (χ1) is 9.44. The lowest BCUT2D eigenvalue weighted by Gasteiger charge is -2.20. The summed E-state index contributed by atoms with van der Waals surface area (Å²) in [5, 5.41) is 23.6. The summed E-state index contributed by atoms with van der Waals surface area (Å²) in [5.41, 5.74) is 0.0859. The minimum absolute atomic E-state index is 0.0859. The monoisotopic (exact) mass is 297 g/mol. The Bertz CT molecular complexity index is 545. The van der Waals surface area contributed by atoms with Gasteiger partial charge < -0.3 is 9.73 Å². The van der Waals surface area contributed by atoms with Gasteiger partial charge in [0, 0.05) is 19.0 Å². The lowest BCUT2D eigenvalue weighted by Crippen LogP contribution is -2.38. The van der Waals surface area contributed by atoms with E-state index in [0.29, 0.717) is 17.5 Å². The highest BCUT2D eigenvalue weighted by molar-refractivity contribution is 7.98. The summed E-state index contributed by atoms with van der Waals surface area (Å²) in [4.78, 5) is 0. The van der Waals surface area contributed by atoms with E-state index in [0.717, 1.165) is 18.2 Å². The average Bonchev–Trinajstić information content (AvgIpc) is 2.94. The summed E-state index contributed by atoms with van der Waals surface area (Å²) in [6.07, 6.45) is 0. The summed E-state index contributed by atoms with van der Waals surface area (Å²) in [6.45, 7) is 9.67. The van der Waals surface area contributed by atoms with Gasteiger partial charge in [-0.3, -0.25) is 0 Å². The lowest BCUT2D eigenvalue weighted by molar-refractivity contribution is 0.396. The molecular weight excluding hydrogens is 278 g/mol. The molecule has 2 aromatic heterocycles. The van der Waals surface area contributed by atoms with Gasteiger partial charge in [0.1, 0.15) is 0 Å². The second-order valence-corrected chi connectivity index (χ2v) is 6.31. The largest absolute Gasteiger partial charge is 0.425 e. The predicted molar refractivity (Wildman–Crippen MR) is 74.2 cm³/mol. The molecule has 2 rings (SSSR count). The number of nitrogens with one attached hydrogen (secondary N) is 1. The van der Waals surface area contributed by atoms with Gasteiger partial charge in [-0.05, 0) is 31.2 Å². The van der Waals surface area contributed by atoms with E-state index in [1.807, 2.05) is 0 Å².